The number of imidazole rings is 1. The first kappa shape index (κ1) is 11.4. The summed E-state index contributed by atoms with van der Waals surface area (Å²) in [5.41, 5.74) is 1.45. The number of para-hydroxylation sites is 2. The fraction of sp³-hybridized carbons (Fsp3) is 0.333. The molecule has 0 saturated carbocycles. The molecule has 0 saturated heterocycles. The first-order chi connectivity index (χ1) is 8.15. The summed E-state index contributed by atoms with van der Waals surface area (Å²) < 4.78 is 3.04. The van der Waals surface area contributed by atoms with Crippen LogP contribution in [0.2, 0.25) is 0 Å². The molecule has 1 heterocycles. The average molecular weight is 233 g/mol. The number of hydrogen-bond acceptors (Lipinski definition) is 2. The molecule has 0 fully saturated rings. The average Bonchev–Trinajstić information content (AvgIpc) is 2.56. The number of rotatable bonds is 3. The minimum absolute atomic E-state index is 0.0635. The first-order valence-electron chi connectivity index (χ1n) is 5.56. The van der Waals surface area contributed by atoms with Crippen LogP contribution in [0.5, 0.6) is 0 Å². The lowest BCUT2D eigenvalue weighted by Crippen LogP contribution is -2.32. The van der Waals surface area contributed by atoms with Crippen LogP contribution in [-0.2, 0) is 18.4 Å². The second-order valence-electron chi connectivity index (χ2n) is 3.87. The minimum Gasteiger partial charge on any atom is -0.355 e. The third kappa shape index (κ3) is 1.95. The van der Waals surface area contributed by atoms with Crippen molar-refractivity contribution in [3.8, 4) is 0 Å². The van der Waals surface area contributed by atoms with Crippen molar-refractivity contribution in [3.05, 3.63) is 34.7 Å². The standard InChI is InChI=1S/C12H15N3O2/c1-3-13-11(16)8-15-10-7-5-4-6-9(10)14(2)12(15)17/h4-7H,3,8H2,1-2H3,(H,13,16). The van der Waals surface area contributed by atoms with Gasteiger partial charge in [-0.2, -0.15) is 0 Å². The molecule has 5 nitrogen and oxygen atoms in total. The first-order valence-corrected chi connectivity index (χ1v) is 5.56. The van der Waals surface area contributed by atoms with Crippen LogP contribution in [0.1, 0.15) is 6.92 Å². The molecular formula is C12H15N3O2. The van der Waals surface area contributed by atoms with E-state index in [0.29, 0.717) is 6.54 Å². The van der Waals surface area contributed by atoms with E-state index >= 15 is 0 Å². The molecule has 0 bridgehead atoms. The summed E-state index contributed by atoms with van der Waals surface area (Å²) >= 11 is 0. The van der Waals surface area contributed by atoms with Crippen molar-refractivity contribution in [2.24, 2.45) is 7.05 Å². The van der Waals surface area contributed by atoms with Crippen LogP contribution in [0.4, 0.5) is 0 Å². The Morgan fingerprint density at radius 1 is 1.29 bits per heavy atom. The lowest BCUT2D eigenvalue weighted by Gasteiger charge is -2.03. The van der Waals surface area contributed by atoms with Crippen molar-refractivity contribution in [3.63, 3.8) is 0 Å². The molecule has 0 aliphatic rings. The second kappa shape index (κ2) is 4.45. The molecule has 0 unspecified atom stereocenters. The van der Waals surface area contributed by atoms with Crippen LogP contribution >= 0.6 is 0 Å². The summed E-state index contributed by atoms with van der Waals surface area (Å²) in [6.45, 7) is 2.48. The summed E-state index contributed by atoms with van der Waals surface area (Å²) in [5, 5.41) is 2.69. The number of likely N-dealkylation sites (N-methyl/N-ethyl adjacent to an activating group) is 1. The monoisotopic (exact) mass is 233 g/mol. The Morgan fingerprint density at radius 3 is 2.59 bits per heavy atom. The molecule has 5 heteroatoms. The van der Waals surface area contributed by atoms with Gasteiger partial charge in [0, 0.05) is 13.6 Å². The fourth-order valence-corrected chi connectivity index (χ4v) is 1.91. The van der Waals surface area contributed by atoms with Crippen molar-refractivity contribution < 1.29 is 4.79 Å². The van der Waals surface area contributed by atoms with Gasteiger partial charge in [0.25, 0.3) is 0 Å². The molecule has 17 heavy (non-hydrogen) atoms. The van der Waals surface area contributed by atoms with Crippen LogP contribution < -0.4 is 11.0 Å². The van der Waals surface area contributed by atoms with Gasteiger partial charge in [-0.1, -0.05) is 12.1 Å². The van der Waals surface area contributed by atoms with Gasteiger partial charge in [0.15, 0.2) is 0 Å². The topological polar surface area (TPSA) is 56.0 Å². The number of aryl methyl sites for hydroxylation is 1. The van der Waals surface area contributed by atoms with Gasteiger partial charge in [0.2, 0.25) is 5.91 Å². The summed E-state index contributed by atoms with van der Waals surface area (Å²) in [6, 6.07) is 7.44. The molecule has 90 valence electrons. The molecule has 2 rings (SSSR count). The SMILES string of the molecule is CCNC(=O)Cn1c(=O)n(C)c2ccccc21. The summed E-state index contributed by atoms with van der Waals surface area (Å²) in [7, 11) is 1.71. The summed E-state index contributed by atoms with van der Waals surface area (Å²) in [5.74, 6) is -0.147. The molecule has 0 aliphatic carbocycles. The van der Waals surface area contributed by atoms with E-state index in [1.54, 1.807) is 11.6 Å². The molecule has 0 aliphatic heterocycles. The van der Waals surface area contributed by atoms with Gasteiger partial charge in [-0.15, -0.1) is 0 Å². The van der Waals surface area contributed by atoms with E-state index in [9.17, 15) is 9.59 Å². The van der Waals surface area contributed by atoms with Gasteiger partial charge in [-0.05, 0) is 19.1 Å². The summed E-state index contributed by atoms with van der Waals surface area (Å²) in [4.78, 5) is 23.5. The number of carbonyl (C=O) groups is 1. The highest BCUT2D eigenvalue weighted by molar-refractivity contribution is 5.80. The van der Waals surface area contributed by atoms with Crippen molar-refractivity contribution in [1.29, 1.82) is 0 Å². The van der Waals surface area contributed by atoms with Crippen molar-refractivity contribution in [2.75, 3.05) is 6.54 Å². The van der Waals surface area contributed by atoms with Gasteiger partial charge >= 0.3 is 5.69 Å². The molecule has 1 aromatic heterocycles. The number of carbonyl (C=O) groups excluding carboxylic acids is 1. The van der Waals surface area contributed by atoms with Crippen LogP contribution in [0.3, 0.4) is 0 Å². The zero-order valence-corrected chi connectivity index (χ0v) is 9.93. The zero-order chi connectivity index (χ0) is 12.4. The number of fused-ring (bicyclic) bond motifs is 1. The smallest absolute Gasteiger partial charge is 0.329 e. The predicted molar refractivity (Wildman–Crippen MR) is 65.9 cm³/mol. The Morgan fingerprint density at radius 2 is 1.94 bits per heavy atom. The molecule has 2 aromatic rings. The number of nitrogens with one attached hydrogen (secondary N) is 1. The number of nitrogens with zero attached hydrogens (tertiary/aromatic N) is 2. The maximum absolute atomic E-state index is 12.0. The van der Waals surface area contributed by atoms with Gasteiger partial charge in [0.05, 0.1) is 11.0 Å². The molecule has 1 aromatic carbocycles. The van der Waals surface area contributed by atoms with Gasteiger partial charge < -0.3 is 5.32 Å². The Hall–Kier alpha value is -2.04. The quantitative estimate of drug-likeness (QED) is 0.838. The number of aromatic nitrogens is 2. The lowest BCUT2D eigenvalue weighted by atomic mass is 10.3. The van der Waals surface area contributed by atoms with Crippen molar-refractivity contribution >= 4 is 16.9 Å². The third-order valence-electron chi connectivity index (χ3n) is 2.73. The summed E-state index contributed by atoms with van der Waals surface area (Å²) in [6.07, 6.45) is 0. The van der Waals surface area contributed by atoms with E-state index in [4.69, 9.17) is 0 Å². The van der Waals surface area contributed by atoms with Gasteiger partial charge in [0.1, 0.15) is 6.54 Å². The number of benzene rings is 1. The second-order valence-corrected chi connectivity index (χ2v) is 3.87. The van der Waals surface area contributed by atoms with Crippen LogP contribution in [0.15, 0.2) is 29.1 Å². The van der Waals surface area contributed by atoms with E-state index in [1.807, 2.05) is 31.2 Å². The Labute approximate surface area is 98.7 Å². The van der Waals surface area contributed by atoms with Crippen LogP contribution in [0, 0.1) is 0 Å². The highest BCUT2D eigenvalue weighted by Gasteiger charge is 2.12. The minimum atomic E-state index is -0.169. The Bertz CT molecular complexity index is 610. The van der Waals surface area contributed by atoms with E-state index in [0.717, 1.165) is 11.0 Å². The number of amides is 1. The van der Waals surface area contributed by atoms with Gasteiger partial charge in [-0.3, -0.25) is 13.9 Å². The Balaban J connectivity index is 2.50. The van der Waals surface area contributed by atoms with Crippen LogP contribution in [0.25, 0.3) is 11.0 Å². The molecular weight excluding hydrogens is 218 g/mol. The van der Waals surface area contributed by atoms with Crippen molar-refractivity contribution in [1.82, 2.24) is 14.5 Å². The number of hydrogen-bond donors (Lipinski definition) is 1. The largest absolute Gasteiger partial charge is 0.355 e. The highest BCUT2D eigenvalue weighted by Crippen LogP contribution is 2.10. The van der Waals surface area contributed by atoms with Crippen molar-refractivity contribution in [2.45, 2.75) is 13.5 Å². The molecule has 0 atom stereocenters. The van der Waals surface area contributed by atoms with E-state index in [1.165, 1.54) is 4.57 Å². The predicted octanol–water partition coefficient (Wildman–Crippen LogP) is 0.476. The van der Waals surface area contributed by atoms with E-state index in [-0.39, 0.29) is 18.1 Å². The maximum atomic E-state index is 12.0. The Kier molecular flexibility index (Phi) is 2.99. The third-order valence-corrected chi connectivity index (χ3v) is 2.73. The normalized spacial score (nSPS) is 10.7. The molecule has 0 radical (unpaired) electrons. The maximum Gasteiger partial charge on any atom is 0.329 e. The van der Waals surface area contributed by atoms with E-state index in [2.05, 4.69) is 5.32 Å². The zero-order valence-electron chi connectivity index (χ0n) is 9.93. The highest BCUT2D eigenvalue weighted by atomic mass is 16.2. The van der Waals surface area contributed by atoms with Gasteiger partial charge in [-0.25, -0.2) is 4.79 Å². The fourth-order valence-electron chi connectivity index (χ4n) is 1.91. The molecule has 1 N–H and O–H groups in total. The lowest BCUT2D eigenvalue weighted by molar-refractivity contribution is -0.121. The van der Waals surface area contributed by atoms with Crippen LogP contribution in [-0.4, -0.2) is 21.6 Å². The molecule has 0 spiro atoms. The molecule has 1 amide bonds. The van der Waals surface area contributed by atoms with E-state index < -0.39 is 0 Å².